The lowest BCUT2D eigenvalue weighted by atomic mass is 9.90. The Labute approximate surface area is 115 Å². The Balaban J connectivity index is 2.51. The van der Waals surface area contributed by atoms with E-state index in [0.29, 0.717) is 31.8 Å². The summed E-state index contributed by atoms with van der Waals surface area (Å²) in [7, 11) is 0. The van der Waals surface area contributed by atoms with Crippen LogP contribution in [0.2, 0.25) is 0 Å². The summed E-state index contributed by atoms with van der Waals surface area (Å²) < 4.78 is 0. The van der Waals surface area contributed by atoms with Gasteiger partial charge in [-0.05, 0) is 32.6 Å². The molecule has 0 aromatic carbocycles. The smallest absolute Gasteiger partial charge is 0.306 e. The van der Waals surface area contributed by atoms with E-state index in [1.165, 1.54) is 0 Å². The molecule has 3 atom stereocenters. The van der Waals surface area contributed by atoms with Gasteiger partial charge in [-0.2, -0.15) is 0 Å². The van der Waals surface area contributed by atoms with Crippen LogP contribution < -0.4 is 5.32 Å². The first-order valence-electron chi connectivity index (χ1n) is 7.09. The van der Waals surface area contributed by atoms with Crippen LogP contribution in [0, 0.1) is 11.8 Å². The van der Waals surface area contributed by atoms with Crippen LogP contribution in [0.1, 0.15) is 40.5 Å². The van der Waals surface area contributed by atoms with Gasteiger partial charge in [-0.25, -0.2) is 0 Å². The molecule has 0 aromatic rings. The van der Waals surface area contributed by atoms with Gasteiger partial charge in [0.2, 0.25) is 5.91 Å². The summed E-state index contributed by atoms with van der Waals surface area (Å²) in [5, 5.41) is 12.0. The fourth-order valence-electron chi connectivity index (χ4n) is 2.59. The highest BCUT2D eigenvalue weighted by atomic mass is 16.4. The molecule has 0 aromatic heterocycles. The number of nitrogens with one attached hydrogen (secondary N) is 1. The predicted octanol–water partition coefficient (Wildman–Crippen LogP) is 1.33. The molecule has 0 spiro atoms. The monoisotopic (exact) mass is 270 g/mol. The highest BCUT2D eigenvalue weighted by molar-refractivity contribution is 5.81. The quantitative estimate of drug-likeness (QED) is 0.791. The summed E-state index contributed by atoms with van der Waals surface area (Å²) in [6, 6.07) is -0.0573. The first-order valence-corrected chi connectivity index (χ1v) is 7.09. The zero-order valence-corrected chi connectivity index (χ0v) is 12.3. The van der Waals surface area contributed by atoms with Crippen LogP contribution >= 0.6 is 0 Å². The van der Waals surface area contributed by atoms with Crippen molar-refractivity contribution in [2.75, 3.05) is 13.1 Å². The molecule has 1 aliphatic heterocycles. The third-order valence-electron chi connectivity index (χ3n) is 3.84. The van der Waals surface area contributed by atoms with E-state index in [4.69, 9.17) is 5.11 Å². The van der Waals surface area contributed by atoms with Gasteiger partial charge in [-0.15, -0.1) is 0 Å². The second-order valence-electron chi connectivity index (χ2n) is 5.96. The van der Waals surface area contributed by atoms with Crippen molar-refractivity contribution in [1.29, 1.82) is 0 Å². The van der Waals surface area contributed by atoms with Gasteiger partial charge >= 0.3 is 5.97 Å². The van der Waals surface area contributed by atoms with Crippen LogP contribution in [-0.4, -0.2) is 47.1 Å². The van der Waals surface area contributed by atoms with Crippen molar-refractivity contribution in [1.82, 2.24) is 10.2 Å². The number of rotatable bonds is 5. The molecule has 1 heterocycles. The maximum atomic E-state index is 12.0. The van der Waals surface area contributed by atoms with Crippen molar-refractivity contribution in [2.45, 2.75) is 52.6 Å². The Morgan fingerprint density at radius 3 is 2.47 bits per heavy atom. The van der Waals surface area contributed by atoms with Crippen LogP contribution in [0.3, 0.4) is 0 Å². The predicted molar refractivity (Wildman–Crippen MR) is 73.8 cm³/mol. The lowest BCUT2D eigenvalue weighted by molar-refractivity contribution is -0.144. The van der Waals surface area contributed by atoms with Crippen molar-refractivity contribution in [3.8, 4) is 0 Å². The van der Waals surface area contributed by atoms with Crippen molar-refractivity contribution in [3.05, 3.63) is 0 Å². The zero-order valence-electron chi connectivity index (χ0n) is 12.3. The van der Waals surface area contributed by atoms with Gasteiger partial charge in [0.1, 0.15) is 0 Å². The number of carbonyl (C=O) groups is 2. The lowest BCUT2D eigenvalue weighted by Gasteiger charge is -2.39. The maximum Gasteiger partial charge on any atom is 0.306 e. The number of piperidine rings is 1. The first-order chi connectivity index (χ1) is 8.82. The molecule has 1 rings (SSSR count). The van der Waals surface area contributed by atoms with Gasteiger partial charge in [0.15, 0.2) is 0 Å². The van der Waals surface area contributed by atoms with Crippen molar-refractivity contribution in [2.24, 2.45) is 11.8 Å². The van der Waals surface area contributed by atoms with E-state index in [2.05, 4.69) is 24.1 Å². The summed E-state index contributed by atoms with van der Waals surface area (Å²) in [6.45, 7) is 9.38. The van der Waals surface area contributed by atoms with Crippen molar-refractivity contribution >= 4 is 11.9 Å². The van der Waals surface area contributed by atoms with E-state index in [9.17, 15) is 9.59 Å². The summed E-state index contributed by atoms with van der Waals surface area (Å²) >= 11 is 0. The molecule has 0 aliphatic carbocycles. The Kier molecular flexibility index (Phi) is 5.79. The summed E-state index contributed by atoms with van der Waals surface area (Å²) in [4.78, 5) is 25.1. The molecule has 1 aliphatic rings. The van der Waals surface area contributed by atoms with Crippen molar-refractivity contribution < 1.29 is 14.7 Å². The number of carboxylic acid groups (broad SMARTS) is 1. The average Bonchev–Trinajstić information content (AvgIpc) is 2.34. The van der Waals surface area contributed by atoms with Gasteiger partial charge < -0.3 is 10.4 Å². The molecule has 1 saturated heterocycles. The normalized spacial score (nSPS) is 26.2. The van der Waals surface area contributed by atoms with Crippen LogP contribution in [0.25, 0.3) is 0 Å². The molecule has 0 saturated carbocycles. The third kappa shape index (κ3) is 4.49. The van der Waals surface area contributed by atoms with E-state index < -0.39 is 5.97 Å². The number of hydrogen-bond acceptors (Lipinski definition) is 3. The van der Waals surface area contributed by atoms with E-state index in [0.717, 1.165) is 0 Å². The fourth-order valence-corrected chi connectivity index (χ4v) is 2.59. The number of aliphatic carboxylic acids is 1. The molecule has 5 heteroatoms. The number of amides is 1. The molecule has 2 N–H and O–H groups in total. The van der Waals surface area contributed by atoms with Crippen LogP contribution in [0.5, 0.6) is 0 Å². The van der Waals surface area contributed by atoms with Gasteiger partial charge in [0, 0.05) is 19.1 Å². The summed E-state index contributed by atoms with van der Waals surface area (Å²) in [5.41, 5.74) is 0. The van der Waals surface area contributed by atoms with Gasteiger partial charge in [-0.1, -0.05) is 13.8 Å². The molecule has 1 amide bonds. The highest BCUT2D eigenvalue weighted by Crippen LogP contribution is 2.24. The minimum atomic E-state index is -0.719. The molecular formula is C14H26N2O3. The van der Waals surface area contributed by atoms with Crippen molar-refractivity contribution in [3.63, 3.8) is 0 Å². The Hall–Kier alpha value is -1.10. The Morgan fingerprint density at radius 2 is 2.00 bits per heavy atom. The number of carboxylic acids is 1. The van der Waals surface area contributed by atoms with Gasteiger partial charge in [0.05, 0.1) is 12.0 Å². The molecule has 3 unspecified atom stereocenters. The molecule has 110 valence electrons. The summed E-state index contributed by atoms with van der Waals surface area (Å²) in [6.07, 6.45) is 1.25. The molecular weight excluding hydrogens is 244 g/mol. The Bertz CT molecular complexity index is 331. The first kappa shape index (κ1) is 16.0. The molecule has 0 bridgehead atoms. The number of likely N-dealkylation sites (tertiary alicyclic amines) is 1. The highest BCUT2D eigenvalue weighted by Gasteiger charge is 2.34. The molecule has 0 radical (unpaired) electrons. The van der Waals surface area contributed by atoms with E-state index in [1.54, 1.807) is 0 Å². The minimum absolute atomic E-state index is 0.0364. The van der Waals surface area contributed by atoms with Crippen LogP contribution in [0.4, 0.5) is 0 Å². The summed E-state index contributed by atoms with van der Waals surface area (Å²) in [5.74, 6) is -0.513. The van der Waals surface area contributed by atoms with Gasteiger partial charge in [0.25, 0.3) is 0 Å². The zero-order chi connectivity index (χ0) is 14.6. The average molecular weight is 270 g/mol. The maximum absolute atomic E-state index is 12.0. The topological polar surface area (TPSA) is 69.6 Å². The van der Waals surface area contributed by atoms with E-state index in [-0.39, 0.29) is 23.9 Å². The number of carbonyl (C=O) groups excluding carboxylic acids is 1. The molecule has 19 heavy (non-hydrogen) atoms. The van der Waals surface area contributed by atoms with E-state index >= 15 is 0 Å². The second-order valence-corrected chi connectivity index (χ2v) is 5.96. The molecule has 1 fully saturated rings. The Morgan fingerprint density at radius 1 is 1.37 bits per heavy atom. The number of hydrogen-bond donors (Lipinski definition) is 2. The van der Waals surface area contributed by atoms with Crippen LogP contribution in [0.15, 0.2) is 0 Å². The minimum Gasteiger partial charge on any atom is -0.481 e. The number of nitrogens with zero attached hydrogens (tertiary/aromatic N) is 1. The largest absolute Gasteiger partial charge is 0.481 e. The standard InChI is InChI=1S/C14H26N2O3/c1-9(2)8-15-13(17)11(4)16-6-5-12(14(18)19)7-10(16)3/h9-12H,5-8H2,1-4H3,(H,15,17)(H,18,19). The SMILES string of the molecule is CC(C)CNC(=O)C(C)N1CCC(C(=O)O)CC1C. The third-order valence-corrected chi connectivity index (χ3v) is 3.84. The van der Waals surface area contributed by atoms with Gasteiger partial charge in [-0.3, -0.25) is 14.5 Å². The van der Waals surface area contributed by atoms with E-state index in [1.807, 2.05) is 13.8 Å². The second kappa shape index (κ2) is 6.89. The fraction of sp³-hybridized carbons (Fsp3) is 0.857. The molecule has 5 nitrogen and oxygen atoms in total. The van der Waals surface area contributed by atoms with Crippen LogP contribution in [-0.2, 0) is 9.59 Å². The lowest BCUT2D eigenvalue weighted by Crippen LogP contribution is -2.53.